The van der Waals surface area contributed by atoms with Crippen LogP contribution in [0, 0.1) is 23.2 Å². The Morgan fingerprint density at radius 2 is 2.00 bits per heavy atom. The highest BCUT2D eigenvalue weighted by Gasteiger charge is 2.50. The Bertz CT molecular complexity index is 1030. The van der Waals surface area contributed by atoms with Crippen LogP contribution in [0.3, 0.4) is 0 Å². The number of rotatable bonds is 10. The van der Waals surface area contributed by atoms with E-state index in [1.54, 1.807) is 0 Å². The molecule has 0 bridgehead atoms. The predicted octanol–water partition coefficient (Wildman–Crippen LogP) is 6.61. The van der Waals surface area contributed by atoms with Crippen molar-refractivity contribution in [3.63, 3.8) is 0 Å². The van der Waals surface area contributed by atoms with Crippen molar-refractivity contribution >= 4 is 5.71 Å². The average Bonchev–Trinajstić information content (AvgIpc) is 3.27. The van der Waals surface area contributed by atoms with E-state index in [0.717, 1.165) is 35.3 Å². The van der Waals surface area contributed by atoms with Crippen molar-refractivity contribution in [3.8, 4) is 0 Å². The van der Waals surface area contributed by atoms with E-state index in [-0.39, 0.29) is 5.41 Å². The second-order valence-electron chi connectivity index (χ2n) is 11.9. The largest absolute Gasteiger partial charge is 0.396 e. The molecule has 6 atom stereocenters. The summed E-state index contributed by atoms with van der Waals surface area (Å²) in [6.07, 6.45) is 11.2. The standard InChI is InChI=1S/C33H47NO4/c1-5-18-38-34-31(26-10-7-6-8-11-26)22-37-21-23(2)29-15-16-30-25(12-9-17-33(29,30)4)13-14-27-19-28(35)20-32(36)24(27)3/h6-8,10-11,13-14,23,28-30,32,35-36H,3,5,9,12,15-22H2,1-2,4H3/b25-13+,27-14-,34-31-/t23-,28-,29-,30+,32+,33-/m1/s1. The van der Waals surface area contributed by atoms with Crippen LogP contribution >= 0.6 is 0 Å². The summed E-state index contributed by atoms with van der Waals surface area (Å²) in [5.41, 5.74) is 5.44. The van der Waals surface area contributed by atoms with E-state index in [2.05, 4.69) is 56.8 Å². The Kier molecular flexibility index (Phi) is 10.0. The van der Waals surface area contributed by atoms with Gasteiger partial charge in [0.1, 0.15) is 12.3 Å². The maximum Gasteiger partial charge on any atom is 0.116 e. The Hall–Kier alpha value is -2.21. The van der Waals surface area contributed by atoms with Crippen LogP contribution in [0.15, 0.2) is 70.9 Å². The first-order chi connectivity index (χ1) is 18.3. The lowest BCUT2D eigenvalue weighted by atomic mass is 9.61. The fraction of sp³-hybridized carbons (Fsp3) is 0.606. The van der Waals surface area contributed by atoms with Crippen molar-refractivity contribution in [2.45, 2.75) is 84.3 Å². The second-order valence-corrected chi connectivity index (χ2v) is 11.9. The molecule has 3 aliphatic carbocycles. The maximum atomic E-state index is 10.2. The zero-order valence-electron chi connectivity index (χ0n) is 23.6. The molecule has 0 amide bonds. The molecule has 3 saturated carbocycles. The zero-order chi connectivity index (χ0) is 27.1. The van der Waals surface area contributed by atoms with Crippen LogP contribution in [-0.4, -0.2) is 48.0 Å². The van der Waals surface area contributed by atoms with Gasteiger partial charge in [0.15, 0.2) is 0 Å². The smallest absolute Gasteiger partial charge is 0.116 e. The lowest BCUT2D eigenvalue weighted by Gasteiger charge is -2.44. The molecule has 0 saturated heterocycles. The summed E-state index contributed by atoms with van der Waals surface area (Å²) >= 11 is 0. The summed E-state index contributed by atoms with van der Waals surface area (Å²) < 4.78 is 6.27. The number of oxime groups is 1. The van der Waals surface area contributed by atoms with Gasteiger partial charge < -0.3 is 19.8 Å². The number of benzene rings is 1. The van der Waals surface area contributed by atoms with E-state index in [4.69, 9.17) is 9.57 Å². The van der Waals surface area contributed by atoms with Gasteiger partial charge in [-0.25, -0.2) is 0 Å². The van der Waals surface area contributed by atoms with Gasteiger partial charge in [0.25, 0.3) is 0 Å². The van der Waals surface area contributed by atoms with Gasteiger partial charge in [-0.3, -0.25) is 0 Å². The fourth-order valence-electron chi connectivity index (χ4n) is 7.14. The van der Waals surface area contributed by atoms with Crippen LogP contribution in [0.1, 0.15) is 77.7 Å². The molecule has 5 heteroatoms. The van der Waals surface area contributed by atoms with Gasteiger partial charge in [0.2, 0.25) is 0 Å². The van der Waals surface area contributed by atoms with E-state index in [9.17, 15) is 10.2 Å². The van der Waals surface area contributed by atoms with Gasteiger partial charge in [-0.2, -0.15) is 0 Å². The molecule has 0 unspecified atom stereocenters. The minimum atomic E-state index is -0.637. The van der Waals surface area contributed by atoms with Crippen LogP contribution in [0.25, 0.3) is 0 Å². The molecule has 5 nitrogen and oxygen atoms in total. The normalized spacial score (nSPS) is 33.0. The zero-order valence-corrected chi connectivity index (χ0v) is 23.6. The van der Waals surface area contributed by atoms with E-state index in [1.165, 1.54) is 31.3 Å². The van der Waals surface area contributed by atoms with Crippen LogP contribution in [-0.2, 0) is 9.57 Å². The van der Waals surface area contributed by atoms with Crippen molar-refractivity contribution in [2.24, 2.45) is 28.3 Å². The summed E-state index contributed by atoms with van der Waals surface area (Å²) in [7, 11) is 0. The van der Waals surface area contributed by atoms with Crippen molar-refractivity contribution < 1.29 is 19.8 Å². The first-order valence-electron chi connectivity index (χ1n) is 14.6. The van der Waals surface area contributed by atoms with Gasteiger partial charge in [-0.15, -0.1) is 0 Å². The first kappa shape index (κ1) is 28.8. The molecular weight excluding hydrogens is 474 g/mol. The van der Waals surface area contributed by atoms with E-state index >= 15 is 0 Å². The van der Waals surface area contributed by atoms with Crippen LogP contribution in [0.4, 0.5) is 0 Å². The lowest BCUT2D eigenvalue weighted by molar-refractivity contribution is 0.0448. The number of hydrogen-bond acceptors (Lipinski definition) is 5. The third-order valence-corrected chi connectivity index (χ3v) is 9.19. The topological polar surface area (TPSA) is 71.3 Å². The van der Waals surface area contributed by atoms with Gasteiger partial charge in [-0.1, -0.05) is 80.6 Å². The summed E-state index contributed by atoms with van der Waals surface area (Å²) in [5.74, 6) is 1.65. The molecule has 0 radical (unpaired) electrons. The average molecular weight is 522 g/mol. The third kappa shape index (κ3) is 6.67. The number of aliphatic hydroxyl groups excluding tert-OH is 2. The van der Waals surface area contributed by atoms with Crippen LogP contribution < -0.4 is 0 Å². The van der Waals surface area contributed by atoms with E-state index < -0.39 is 12.2 Å². The minimum absolute atomic E-state index is 0.272. The molecule has 3 fully saturated rings. The number of allylic oxidation sites excluding steroid dienone is 3. The Labute approximate surface area is 229 Å². The quantitative estimate of drug-likeness (QED) is 0.206. The van der Waals surface area contributed by atoms with Gasteiger partial charge in [0, 0.05) is 18.6 Å². The highest BCUT2D eigenvalue weighted by Crippen LogP contribution is 2.59. The highest BCUT2D eigenvalue weighted by atomic mass is 16.6. The molecule has 208 valence electrons. The van der Waals surface area contributed by atoms with Gasteiger partial charge >= 0.3 is 0 Å². The SMILES string of the molecule is C=C1/C(=C\C=C2/CCC[C@]3(C)[C@@H]([C@H](C)COC/C(=N/OCCC)c4ccccc4)CC[C@@H]23)C[C@@H](O)C[C@@H]1O. The Morgan fingerprint density at radius 3 is 2.76 bits per heavy atom. The summed E-state index contributed by atoms with van der Waals surface area (Å²) in [6, 6.07) is 10.2. The molecular formula is C33H47NO4. The second kappa shape index (κ2) is 13.2. The van der Waals surface area contributed by atoms with Crippen LogP contribution in [0.5, 0.6) is 0 Å². The molecule has 0 aromatic heterocycles. The summed E-state index contributed by atoms with van der Waals surface area (Å²) in [4.78, 5) is 5.50. The monoisotopic (exact) mass is 521 g/mol. The molecule has 1 aromatic carbocycles. The van der Waals surface area contributed by atoms with Crippen molar-refractivity contribution in [1.82, 2.24) is 0 Å². The van der Waals surface area contributed by atoms with E-state index in [1.807, 2.05) is 18.2 Å². The number of aliphatic hydroxyl groups is 2. The maximum absolute atomic E-state index is 10.2. The van der Waals surface area contributed by atoms with Crippen molar-refractivity contribution in [3.05, 3.63) is 71.3 Å². The molecule has 38 heavy (non-hydrogen) atoms. The van der Waals surface area contributed by atoms with Gasteiger partial charge in [0.05, 0.1) is 18.8 Å². The summed E-state index contributed by atoms with van der Waals surface area (Å²) in [6.45, 7) is 12.8. The Morgan fingerprint density at radius 1 is 1.21 bits per heavy atom. The fourth-order valence-corrected chi connectivity index (χ4v) is 7.14. The van der Waals surface area contributed by atoms with Crippen LogP contribution in [0.2, 0.25) is 0 Å². The molecule has 1 aromatic rings. The molecule has 0 spiro atoms. The lowest BCUT2D eigenvalue weighted by Crippen LogP contribution is -2.37. The van der Waals surface area contributed by atoms with Crippen molar-refractivity contribution in [1.29, 1.82) is 0 Å². The molecule has 0 heterocycles. The minimum Gasteiger partial charge on any atom is -0.396 e. The first-order valence-corrected chi connectivity index (χ1v) is 14.6. The number of ether oxygens (including phenoxy) is 1. The number of fused-ring (bicyclic) bond motifs is 1. The van der Waals surface area contributed by atoms with Crippen molar-refractivity contribution in [2.75, 3.05) is 19.8 Å². The van der Waals surface area contributed by atoms with E-state index in [0.29, 0.717) is 50.4 Å². The number of hydrogen-bond donors (Lipinski definition) is 2. The Balaban J connectivity index is 1.39. The highest BCUT2D eigenvalue weighted by molar-refractivity contribution is 6.01. The molecule has 2 N–H and O–H groups in total. The number of nitrogens with zero attached hydrogens (tertiary/aromatic N) is 1. The molecule has 4 rings (SSSR count). The predicted molar refractivity (Wildman–Crippen MR) is 154 cm³/mol. The molecule has 0 aliphatic heterocycles. The molecule has 3 aliphatic rings. The van der Waals surface area contributed by atoms with Gasteiger partial charge in [-0.05, 0) is 79.3 Å². The summed E-state index contributed by atoms with van der Waals surface area (Å²) in [5, 5.41) is 24.7. The third-order valence-electron chi connectivity index (χ3n) is 9.19.